The molecule has 54 heavy (non-hydrogen) atoms. The van der Waals surface area contributed by atoms with E-state index >= 15 is 0 Å². The summed E-state index contributed by atoms with van der Waals surface area (Å²) in [7, 11) is -4.27. The molecule has 2 atom stereocenters. The summed E-state index contributed by atoms with van der Waals surface area (Å²) < 4.78 is 33.2. The molecule has 0 saturated heterocycles. The van der Waals surface area contributed by atoms with Gasteiger partial charge in [-0.3, -0.25) is 13.8 Å². The van der Waals surface area contributed by atoms with Gasteiger partial charge in [-0.15, -0.1) is 0 Å². The molecular weight excluding hydrogens is 697 g/mol. The van der Waals surface area contributed by atoms with Crippen LogP contribution in [0.25, 0.3) is 0 Å². The van der Waals surface area contributed by atoms with Crippen LogP contribution in [0.5, 0.6) is 0 Å². The van der Waals surface area contributed by atoms with E-state index in [1.54, 1.807) is 6.26 Å². The number of carbonyl (C=O) groups excluding carboxylic acids is 1. The fourth-order valence-electron chi connectivity index (χ4n) is 6.21. The van der Waals surface area contributed by atoms with Gasteiger partial charge in [0.15, 0.2) is 6.10 Å². The average Bonchev–Trinajstić information content (AvgIpc) is 3.16. The third-order valence-electron chi connectivity index (χ3n) is 9.62. The number of allylic oxidation sites excluding steroid dienone is 5. The Morgan fingerprint density at radius 3 is 1.37 bits per heavy atom. The summed E-state index contributed by atoms with van der Waals surface area (Å²) in [5.41, 5.74) is 5.37. The highest BCUT2D eigenvalue weighted by atomic mass is 31.2. The van der Waals surface area contributed by atoms with Gasteiger partial charge in [-0.1, -0.05) is 160 Å². The number of phosphoric acid groups is 1. The van der Waals surface area contributed by atoms with Crippen molar-refractivity contribution in [3.05, 3.63) is 36.6 Å². The minimum Gasteiger partial charge on any atom is -0.492 e. The van der Waals surface area contributed by atoms with Crippen molar-refractivity contribution in [1.82, 2.24) is 0 Å². The molecule has 3 N–H and O–H groups in total. The maximum absolute atomic E-state index is 12.4. The zero-order valence-electron chi connectivity index (χ0n) is 35.2. The van der Waals surface area contributed by atoms with Crippen LogP contribution in [0, 0.1) is 0 Å². The van der Waals surface area contributed by atoms with Crippen molar-refractivity contribution in [3.63, 3.8) is 0 Å². The first-order valence-electron chi connectivity index (χ1n) is 22.5. The first-order valence-corrected chi connectivity index (χ1v) is 24.0. The van der Waals surface area contributed by atoms with E-state index in [2.05, 4.69) is 38.2 Å². The number of unbranched alkanes of at least 4 members (excludes halogenated alkanes) is 26. The SMILES string of the molecule is CCCCCCCCC=CCCCCCCC=COC(COC(=O)CCCCCCCCCCCC=CCCCCCCCC)COP(=O)(O)OCCN. The Morgan fingerprint density at radius 2 is 0.944 bits per heavy atom. The molecule has 0 bridgehead atoms. The predicted octanol–water partition coefficient (Wildman–Crippen LogP) is 13.8. The number of hydrogen-bond donors (Lipinski definition) is 2. The van der Waals surface area contributed by atoms with Crippen LogP contribution in [0.1, 0.15) is 213 Å². The number of carbonyl (C=O) groups is 1. The lowest BCUT2D eigenvalue weighted by Crippen LogP contribution is -2.25. The van der Waals surface area contributed by atoms with Gasteiger partial charge in [-0.2, -0.15) is 0 Å². The summed E-state index contributed by atoms with van der Waals surface area (Å²) in [6.07, 6.45) is 49.8. The third kappa shape index (κ3) is 41.7. The van der Waals surface area contributed by atoms with E-state index in [4.69, 9.17) is 24.3 Å². The minimum absolute atomic E-state index is 0.0681. The van der Waals surface area contributed by atoms with Crippen LogP contribution in [0.2, 0.25) is 0 Å². The molecule has 318 valence electrons. The van der Waals surface area contributed by atoms with Crippen LogP contribution in [-0.4, -0.2) is 43.3 Å². The van der Waals surface area contributed by atoms with E-state index in [0.717, 1.165) is 44.9 Å². The monoisotopic (exact) mass is 784 g/mol. The van der Waals surface area contributed by atoms with Gasteiger partial charge in [0.05, 0.1) is 19.5 Å². The van der Waals surface area contributed by atoms with E-state index in [1.807, 2.05) is 6.08 Å². The summed E-state index contributed by atoms with van der Waals surface area (Å²) in [5, 5.41) is 0. The molecule has 0 fully saturated rings. The molecule has 8 nitrogen and oxygen atoms in total. The normalized spacial score (nSPS) is 13.7. The summed E-state index contributed by atoms with van der Waals surface area (Å²) in [6, 6.07) is 0. The maximum atomic E-state index is 12.4. The molecule has 0 aliphatic rings. The molecule has 0 rings (SSSR count). The molecule has 0 heterocycles. The van der Waals surface area contributed by atoms with Crippen LogP contribution in [0.3, 0.4) is 0 Å². The Bertz CT molecular complexity index is 926. The standard InChI is InChI=1S/C45H86NO7P/c1-3-5-7-9-11-13-15-17-19-21-22-23-24-26-28-30-32-34-36-38-45(47)51-42-44(43-53-54(48,49)52-41-39-46)50-40-37-35-33-31-29-27-25-20-18-16-14-12-10-8-6-4-2/h17-20,37,40,44H,3-16,21-36,38-39,41-43,46H2,1-2H3,(H,48,49). The number of ether oxygens (including phenoxy) is 2. The molecule has 0 radical (unpaired) electrons. The van der Waals surface area contributed by atoms with Crippen LogP contribution >= 0.6 is 7.82 Å². The summed E-state index contributed by atoms with van der Waals surface area (Å²) >= 11 is 0. The fourth-order valence-corrected chi connectivity index (χ4v) is 6.97. The van der Waals surface area contributed by atoms with Crippen LogP contribution in [0.15, 0.2) is 36.6 Å². The van der Waals surface area contributed by atoms with Crippen molar-refractivity contribution in [2.24, 2.45) is 5.73 Å². The molecule has 0 saturated carbocycles. The second-order valence-electron chi connectivity index (χ2n) is 15.0. The van der Waals surface area contributed by atoms with E-state index < -0.39 is 13.9 Å². The fraction of sp³-hybridized carbons (Fsp3) is 0.844. The Labute approximate surface area is 333 Å². The molecule has 0 aromatic carbocycles. The Kier molecular flexibility index (Phi) is 41.6. The second-order valence-corrected chi connectivity index (χ2v) is 16.4. The highest BCUT2D eigenvalue weighted by Gasteiger charge is 2.24. The quantitative estimate of drug-likeness (QED) is 0.0206. The second kappa shape index (κ2) is 42.7. The van der Waals surface area contributed by atoms with Crippen molar-refractivity contribution in [3.8, 4) is 0 Å². The molecule has 0 aliphatic carbocycles. The van der Waals surface area contributed by atoms with Crippen LogP contribution in [0.4, 0.5) is 0 Å². The smallest absolute Gasteiger partial charge is 0.472 e. The molecule has 9 heteroatoms. The van der Waals surface area contributed by atoms with Crippen molar-refractivity contribution in [1.29, 1.82) is 0 Å². The Hall–Kier alpha value is -1.44. The predicted molar refractivity (Wildman–Crippen MR) is 229 cm³/mol. The third-order valence-corrected chi connectivity index (χ3v) is 10.6. The van der Waals surface area contributed by atoms with Crippen LogP contribution in [-0.2, 0) is 27.9 Å². The summed E-state index contributed by atoms with van der Waals surface area (Å²) in [5.74, 6) is -0.294. The topological polar surface area (TPSA) is 117 Å². The van der Waals surface area contributed by atoms with Gasteiger partial charge in [-0.25, -0.2) is 4.57 Å². The van der Waals surface area contributed by atoms with Gasteiger partial charge in [-0.05, 0) is 76.7 Å². The lowest BCUT2D eigenvalue weighted by atomic mass is 10.1. The molecule has 0 aromatic rings. The molecular formula is C45H86NO7P. The van der Waals surface area contributed by atoms with Gasteiger partial charge in [0, 0.05) is 13.0 Å². The Balaban J connectivity index is 4.05. The number of phosphoric ester groups is 1. The first kappa shape index (κ1) is 52.6. The zero-order valence-corrected chi connectivity index (χ0v) is 36.1. The molecule has 0 amide bonds. The van der Waals surface area contributed by atoms with Gasteiger partial charge in [0.1, 0.15) is 6.61 Å². The average molecular weight is 784 g/mol. The van der Waals surface area contributed by atoms with Gasteiger partial charge >= 0.3 is 13.8 Å². The van der Waals surface area contributed by atoms with E-state index in [-0.39, 0.29) is 32.3 Å². The van der Waals surface area contributed by atoms with Crippen molar-refractivity contribution in [2.75, 3.05) is 26.4 Å². The largest absolute Gasteiger partial charge is 0.492 e. The summed E-state index contributed by atoms with van der Waals surface area (Å²) in [6.45, 7) is 4.21. The molecule has 0 spiro atoms. The Morgan fingerprint density at radius 1 is 0.556 bits per heavy atom. The van der Waals surface area contributed by atoms with Crippen molar-refractivity contribution >= 4 is 13.8 Å². The van der Waals surface area contributed by atoms with E-state index in [0.29, 0.717) is 6.42 Å². The highest BCUT2D eigenvalue weighted by Crippen LogP contribution is 2.43. The molecule has 2 unspecified atom stereocenters. The van der Waals surface area contributed by atoms with Crippen molar-refractivity contribution < 1.29 is 32.8 Å². The number of nitrogens with two attached hydrogens (primary N) is 1. The van der Waals surface area contributed by atoms with Crippen molar-refractivity contribution in [2.45, 2.75) is 219 Å². The molecule has 0 aromatic heterocycles. The maximum Gasteiger partial charge on any atom is 0.472 e. The lowest BCUT2D eigenvalue weighted by molar-refractivity contribution is -0.147. The highest BCUT2D eigenvalue weighted by molar-refractivity contribution is 7.47. The van der Waals surface area contributed by atoms with E-state index in [9.17, 15) is 14.3 Å². The van der Waals surface area contributed by atoms with E-state index in [1.165, 1.54) is 148 Å². The number of rotatable bonds is 43. The number of esters is 1. The number of hydrogen-bond acceptors (Lipinski definition) is 7. The lowest BCUT2D eigenvalue weighted by Gasteiger charge is -2.19. The van der Waals surface area contributed by atoms with Gasteiger partial charge in [0.25, 0.3) is 0 Å². The zero-order chi connectivity index (χ0) is 39.5. The summed E-state index contributed by atoms with van der Waals surface area (Å²) in [4.78, 5) is 22.3. The first-order chi connectivity index (χ1) is 26.4. The molecule has 0 aliphatic heterocycles. The van der Waals surface area contributed by atoms with Gasteiger partial charge in [0.2, 0.25) is 0 Å². The minimum atomic E-state index is -4.27. The van der Waals surface area contributed by atoms with Crippen LogP contribution < -0.4 is 5.73 Å². The van der Waals surface area contributed by atoms with Gasteiger partial charge < -0.3 is 20.1 Å².